The fourth-order valence-electron chi connectivity index (χ4n) is 1.40. The van der Waals surface area contributed by atoms with E-state index in [1.165, 1.54) is 17.1 Å². The molecule has 3 nitrogen and oxygen atoms in total. The minimum Gasteiger partial charge on any atom is -0.323 e. The van der Waals surface area contributed by atoms with Gasteiger partial charge >= 0.3 is 0 Å². The summed E-state index contributed by atoms with van der Waals surface area (Å²) in [5.41, 5.74) is 8.34. The number of hydrogen-bond acceptors (Lipinski definition) is 4. The van der Waals surface area contributed by atoms with Crippen LogP contribution in [0.25, 0.3) is 0 Å². The Kier molecular flexibility index (Phi) is 4.42. The summed E-state index contributed by atoms with van der Waals surface area (Å²) in [5.74, 6) is 0.398. The predicted molar refractivity (Wildman–Crippen MR) is 65.0 cm³/mol. The Hall–Kier alpha value is -0.740. The van der Waals surface area contributed by atoms with Crippen LogP contribution in [-0.4, -0.2) is 9.59 Å². The molecule has 0 saturated carbocycles. The number of rotatable bonds is 5. The molecule has 0 saturated heterocycles. The first kappa shape index (κ1) is 12.3. The summed E-state index contributed by atoms with van der Waals surface area (Å²) in [6.45, 7) is 10.1. The number of nitrogens with zero attached hydrogens (tertiary/aromatic N) is 2. The average Bonchev–Trinajstić information content (AvgIpc) is 2.62. The summed E-state index contributed by atoms with van der Waals surface area (Å²) in [4.78, 5) is 1.13. The Morgan fingerprint density at radius 1 is 1.53 bits per heavy atom. The zero-order valence-corrected chi connectivity index (χ0v) is 10.5. The van der Waals surface area contributed by atoms with Crippen LogP contribution in [0.1, 0.15) is 56.1 Å². The molecule has 0 aromatic carbocycles. The maximum absolute atomic E-state index is 6.12. The van der Waals surface area contributed by atoms with Crippen LogP contribution in [-0.2, 0) is 0 Å². The first-order valence-electron chi connectivity index (χ1n) is 5.24. The predicted octanol–water partition coefficient (Wildman–Crippen LogP) is 3.02. The highest BCUT2D eigenvalue weighted by atomic mass is 32.1. The summed E-state index contributed by atoms with van der Waals surface area (Å²) in [5, 5.41) is 4.13. The number of allylic oxidation sites excluding steroid dienone is 1. The molecule has 0 fully saturated rings. The molecule has 4 heteroatoms. The lowest BCUT2D eigenvalue weighted by Crippen LogP contribution is -2.11. The molecular formula is C11H19N3S. The van der Waals surface area contributed by atoms with Crippen LogP contribution >= 0.6 is 11.5 Å². The first-order valence-corrected chi connectivity index (χ1v) is 6.01. The fourth-order valence-corrected chi connectivity index (χ4v) is 2.24. The highest BCUT2D eigenvalue weighted by molar-refractivity contribution is 7.05. The molecule has 0 amide bonds. The molecule has 0 spiro atoms. The molecule has 0 aliphatic heterocycles. The van der Waals surface area contributed by atoms with Crippen molar-refractivity contribution in [3.8, 4) is 0 Å². The summed E-state index contributed by atoms with van der Waals surface area (Å²) < 4.78 is 3.98. The van der Waals surface area contributed by atoms with Crippen LogP contribution in [0.3, 0.4) is 0 Å². The molecule has 0 bridgehead atoms. The Morgan fingerprint density at radius 3 is 2.73 bits per heavy atom. The lowest BCUT2D eigenvalue weighted by molar-refractivity contribution is 0.642. The Balaban J connectivity index is 2.68. The fraction of sp³-hybridized carbons (Fsp3) is 0.636. The van der Waals surface area contributed by atoms with E-state index < -0.39 is 0 Å². The highest BCUT2D eigenvalue weighted by Gasteiger charge is 2.17. The standard InChI is InChI=1S/C11H19N3S/c1-7(2)5-6-9(12)11-10(8(3)4)13-14-15-11/h8-9H,1,5-6,12H2,2-4H3. The summed E-state index contributed by atoms with van der Waals surface area (Å²) in [6.07, 6.45) is 1.90. The zero-order valence-electron chi connectivity index (χ0n) is 9.66. The topological polar surface area (TPSA) is 51.8 Å². The van der Waals surface area contributed by atoms with Gasteiger partial charge in [0.25, 0.3) is 0 Å². The van der Waals surface area contributed by atoms with Gasteiger partial charge in [-0.1, -0.05) is 23.9 Å². The molecule has 84 valence electrons. The average molecular weight is 225 g/mol. The van der Waals surface area contributed by atoms with Gasteiger partial charge in [-0.3, -0.25) is 0 Å². The molecular weight excluding hydrogens is 206 g/mol. The smallest absolute Gasteiger partial charge is 0.0828 e. The van der Waals surface area contributed by atoms with Crippen molar-refractivity contribution in [3.63, 3.8) is 0 Å². The molecule has 0 aliphatic carbocycles. The van der Waals surface area contributed by atoms with Crippen LogP contribution in [0.15, 0.2) is 12.2 Å². The van der Waals surface area contributed by atoms with Gasteiger partial charge in [-0.2, -0.15) is 0 Å². The van der Waals surface area contributed by atoms with Crippen molar-refractivity contribution >= 4 is 11.5 Å². The van der Waals surface area contributed by atoms with Gasteiger partial charge in [0.1, 0.15) is 0 Å². The van der Waals surface area contributed by atoms with Gasteiger partial charge in [-0.15, -0.1) is 11.7 Å². The van der Waals surface area contributed by atoms with Crippen molar-refractivity contribution in [2.75, 3.05) is 0 Å². The molecule has 1 aromatic heterocycles. The third-order valence-corrected chi connectivity index (χ3v) is 3.18. The molecule has 1 unspecified atom stereocenters. The van der Waals surface area contributed by atoms with E-state index in [9.17, 15) is 0 Å². The van der Waals surface area contributed by atoms with E-state index in [1.807, 2.05) is 6.92 Å². The van der Waals surface area contributed by atoms with E-state index in [1.54, 1.807) is 0 Å². The number of hydrogen-bond donors (Lipinski definition) is 1. The maximum Gasteiger partial charge on any atom is 0.0828 e. The summed E-state index contributed by atoms with van der Waals surface area (Å²) in [6, 6.07) is 0.0547. The van der Waals surface area contributed by atoms with Crippen LogP contribution < -0.4 is 5.73 Å². The monoisotopic (exact) mass is 225 g/mol. The van der Waals surface area contributed by atoms with Crippen LogP contribution in [0.2, 0.25) is 0 Å². The highest BCUT2D eigenvalue weighted by Crippen LogP contribution is 2.27. The zero-order chi connectivity index (χ0) is 11.4. The van der Waals surface area contributed by atoms with E-state index in [0.29, 0.717) is 5.92 Å². The minimum absolute atomic E-state index is 0.0547. The summed E-state index contributed by atoms with van der Waals surface area (Å²) in [7, 11) is 0. The van der Waals surface area contributed by atoms with Gasteiger partial charge in [-0.05, 0) is 37.2 Å². The molecule has 1 rings (SSSR count). The largest absolute Gasteiger partial charge is 0.323 e. The molecule has 1 heterocycles. The molecule has 2 N–H and O–H groups in total. The Bertz CT molecular complexity index is 330. The second-order valence-corrected chi connectivity index (χ2v) is 5.07. The van der Waals surface area contributed by atoms with Gasteiger partial charge < -0.3 is 5.73 Å². The molecule has 0 radical (unpaired) electrons. The first-order chi connectivity index (χ1) is 7.02. The van der Waals surface area contributed by atoms with Crippen LogP contribution in [0.5, 0.6) is 0 Å². The normalized spacial score (nSPS) is 13.1. The lowest BCUT2D eigenvalue weighted by Gasteiger charge is -2.11. The van der Waals surface area contributed by atoms with Crippen molar-refractivity contribution < 1.29 is 0 Å². The maximum atomic E-state index is 6.12. The Morgan fingerprint density at radius 2 is 2.20 bits per heavy atom. The minimum atomic E-state index is 0.0547. The van der Waals surface area contributed by atoms with Gasteiger partial charge in [0.05, 0.1) is 10.6 Å². The van der Waals surface area contributed by atoms with E-state index in [-0.39, 0.29) is 6.04 Å². The van der Waals surface area contributed by atoms with Gasteiger partial charge in [0.2, 0.25) is 0 Å². The number of aromatic nitrogens is 2. The third kappa shape index (κ3) is 3.39. The van der Waals surface area contributed by atoms with Gasteiger partial charge in [0, 0.05) is 6.04 Å². The molecule has 15 heavy (non-hydrogen) atoms. The van der Waals surface area contributed by atoms with Crippen molar-refractivity contribution in [1.82, 2.24) is 9.59 Å². The van der Waals surface area contributed by atoms with Crippen LogP contribution in [0.4, 0.5) is 0 Å². The van der Waals surface area contributed by atoms with Gasteiger partial charge in [0.15, 0.2) is 0 Å². The Labute approximate surface area is 95.6 Å². The third-order valence-electron chi connectivity index (χ3n) is 2.31. The molecule has 1 atom stereocenters. The lowest BCUT2D eigenvalue weighted by atomic mass is 10.0. The second kappa shape index (κ2) is 5.37. The quantitative estimate of drug-likeness (QED) is 0.784. The van der Waals surface area contributed by atoms with E-state index in [2.05, 4.69) is 30.0 Å². The molecule has 0 aliphatic rings. The number of nitrogens with two attached hydrogens (primary N) is 1. The van der Waals surface area contributed by atoms with E-state index in [4.69, 9.17) is 5.73 Å². The summed E-state index contributed by atoms with van der Waals surface area (Å²) >= 11 is 1.42. The van der Waals surface area contributed by atoms with Crippen molar-refractivity contribution in [1.29, 1.82) is 0 Å². The molecule has 1 aromatic rings. The van der Waals surface area contributed by atoms with E-state index >= 15 is 0 Å². The SMILES string of the molecule is C=C(C)CCC(N)c1snnc1C(C)C. The van der Waals surface area contributed by atoms with Crippen LogP contribution in [0, 0.1) is 0 Å². The van der Waals surface area contributed by atoms with Gasteiger partial charge in [-0.25, -0.2) is 0 Å². The van der Waals surface area contributed by atoms with Crippen molar-refractivity contribution in [2.45, 2.75) is 45.6 Å². The van der Waals surface area contributed by atoms with Crippen molar-refractivity contribution in [3.05, 3.63) is 22.7 Å². The van der Waals surface area contributed by atoms with E-state index in [0.717, 1.165) is 23.4 Å². The second-order valence-electron chi connectivity index (χ2n) is 4.28. The van der Waals surface area contributed by atoms with Crippen molar-refractivity contribution in [2.24, 2.45) is 5.73 Å².